The van der Waals surface area contributed by atoms with E-state index < -0.39 is 17.2 Å². The zero-order valence-electron chi connectivity index (χ0n) is 12.0. The van der Waals surface area contributed by atoms with Crippen LogP contribution in [0.5, 0.6) is 5.88 Å². The molecule has 0 saturated carbocycles. The highest BCUT2D eigenvalue weighted by molar-refractivity contribution is 9.10. The Morgan fingerprint density at radius 1 is 1.35 bits per heavy atom. The summed E-state index contributed by atoms with van der Waals surface area (Å²) in [6.07, 6.45) is 0. The molecule has 1 aliphatic heterocycles. The number of hydrogen-bond donors (Lipinski definition) is 2. The Balaban J connectivity index is 2.36. The van der Waals surface area contributed by atoms with Gasteiger partial charge in [0.25, 0.3) is 5.56 Å². The van der Waals surface area contributed by atoms with Crippen molar-refractivity contribution in [1.82, 2.24) is 9.55 Å². The maximum atomic E-state index is 12.5. The highest BCUT2D eigenvalue weighted by Gasteiger charge is 2.34. The van der Waals surface area contributed by atoms with Gasteiger partial charge in [0.15, 0.2) is 0 Å². The van der Waals surface area contributed by atoms with Crippen molar-refractivity contribution in [1.29, 1.82) is 5.26 Å². The van der Waals surface area contributed by atoms with Crippen LogP contribution in [0.15, 0.2) is 49.8 Å². The summed E-state index contributed by atoms with van der Waals surface area (Å²) in [4.78, 5) is 26.8. The third-order valence-electron chi connectivity index (χ3n) is 3.68. The second kappa shape index (κ2) is 5.44. The average Bonchev–Trinajstić information content (AvgIpc) is 2.52. The smallest absolute Gasteiger partial charge is 0.330 e. The van der Waals surface area contributed by atoms with Gasteiger partial charge in [-0.15, -0.1) is 0 Å². The number of nitriles is 1. The molecular weight excluding hydrogens is 364 g/mol. The Morgan fingerprint density at radius 3 is 2.61 bits per heavy atom. The maximum absolute atomic E-state index is 12.5. The van der Waals surface area contributed by atoms with E-state index >= 15 is 0 Å². The lowest BCUT2D eigenvalue weighted by Gasteiger charge is -2.25. The quantitative estimate of drug-likeness (QED) is 0.774. The van der Waals surface area contributed by atoms with E-state index in [2.05, 4.69) is 20.9 Å². The molecule has 0 saturated heterocycles. The zero-order valence-corrected chi connectivity index (χ0v) is 13.5. The third-order valence-corrected chi connectivity index (χ3v) is 4.21. The van der Waals surface area contributed by atoms with Gasteiger partial charge in [-0.05, 0) is 17.7 Å². The van der Waals surface area contributed by atoms with Gasteiger partial charge in [0.2, 0.25) is 11.8 Å². The summed E-state index contributed by atoms with van der Waals surface area (Å²) in [5, 5.41) is 9.43. The van der Waals surface area contributed by atoms with Crippen LogP contribution in [-0.2, 0) is 7.05 Å². The lowest BCUT2D eigenvalue weighted by molar-refractivity contribution is 0.370. The normalized spacial score (nSPS) is 16.5. The van der Waals surface area contributed by atoms with Crippen LogP contribution in [0.3, 0.4) is 0 Å². The summed E-state index contributed by atoms with van der Waals surface area (Å²) in [6.45, 7) is 0. The van der Waals surface area contributed by atoms with E-state index in [-0.39, 0.29) is 22.9 Å². The lowest BCUT2D eigenvalue weighted by atomic mass is 9.85. The molecule has 23 heavy (non-hydrogen) atoms. The number of benzene rings is 1. The van der Waals surface area contributed by atoms with Gasteiger partial charge in [0, 0.05) is 11.5 Å². The molecule has 0 aliphatic carbocycles. The third kappa shape index (κ3) is 2.35. The second-order valence-electron chi connectivity index (χ2n) is 5.01. The summed E-state index contributed by atoms with van der Waals surface area (Å²) in [7, 11) is 1.35. The molecule has 3 N–H and O–H groups in total. The largest absolute Gasteiger partial charge is 0.424 e. The van der Waals surface area contributed by atoms with E-state index in [1.54, 1.807) is 24.3 Å². The molecule has 1 atom stereocenters. The predicted molar refractivity (Wildman–Crippen MR) is 85.7 cm³/mol. The van der Waals surface area contributed by atoms with Gasteiger partial charge in [-0.2, -0.15) is 5.26 Å². The Morgan fingerprint density at radius 2 is 2.00 bits per heavy atom. The van der Waals surface area contributed by atoms with Crippen LogP contribution in [0.25, 0.3) is 0 Å². The minimum Gasteiger partial charge on any atom is -0.424 e. The van der Waals surface area contributed by atoms with Crippen LogP contribution in [0.2, 0.25) is 0 Å². The van der Waals surface area contributed by atoms with Gasteiger partial charge in [0.05, 0.1) is 11.5 Å². The van der Waals surface area contributed by atoms with Crippen LogP contribution in [-0.4, -0.2) is 9.55 Å². The number of aromatic amines is 1. The summed E-state index contributed by atoms with van der Waals surface area (Å²) in [5.41, 5.74) is 5.66. The molecule has 1 aromatic carbocycles. The van der Waals surface area contributed by atoms with E-state index in [1.165, 1.54) is 7.05 Å². The maximum Gasteiger partial charge on any atom is 0.330 e. The van der Waals surface area contributed by atoms with Gasteiger partial charge in [-0.25, -0.2) is 4.79 Å². The van der Waals surface area contributed by atoms with Crippen LogP contribution >= 0.6 is 15.9 Å². The van der Waals surface area contributed by atoms with Crippen molar-refractivity contribution < 1.29 is 4.74 Å². The Kier molecular flexibility index (Phi) is 3.58. The molecule has 0 bridgehead atoms. The number of nitrogens with two attached hydrogens (primary N) is 1. The van der Waals surface area contributed by atoms with Crippen LogP contribution in [0.1, 0.15) is 17.0 Å². The molecule has 3 rings (SSSR count). The summed E-state index contributed by atoms with van der Waals surface area (Å²) in [6, 6.07) is 9.15. The lowest BCUT2D eigenvalue weighted by Crippen LogP contribution is -2.39. The van der Waals surface area contributed by atoms with Crippen molar-refractivity contribution >= 4 is 15.9 Å². The first kappa shape index (κ1) is 15.1. The molecule has 116 valence electrons. The number of halogens is 1. The van der Waals surface area contributed by atoms with Crippen LogP contribution in [0.4, 0.5) is 0 Å². The molecule has 7 nitrogen and oxygen atoms in total. The van der Waals surface area contributed by atoms with Crippen molar-refractivity contribution in [3.05, 3.63) is 72.2 Å². The van der Waals surface area contributed by atoms with E-state index in [9.17, 15) is 14.9 Å². The number of H-pyrrole nitrogens is 1. The highest BCUT2D eigenvalue weighted by Crippen LogP contribution is 2.38. The topological polar surface area (TPSA) is 114 Å². The summed E-state index contributed by atoms with van der Waals surface area (Å²) < 4.78 is 7.08. The summed E-state index contributed by atoms with van der Waals surface area (Å²) >= 11 is 3.34. The Labute approximate surface area is 138 Å². The number of rotatable bonds is 1. The number of ether oxygens (including phenoxy) is 1. The number of aromatic nitrogens is 2. The minimum atomic E-state index is -0.701. The van der Waals surface area contributed by atoms with E-state index in [0.717, 1.165) is 9.04 Å². The molecule has 2 heterocycles. The Hall–Kier alpha value is -2.79. The molecule has 2 aromatic rings. The van der Waals surface area contributed by atoms with E-state index in [4.69, 9.17) is 10.5 Å². The summed E-state index contributed by atoms with van der Waals surface area (Å²) in [5.74, 6) is -0.855. The number of hydrogen-bond acceptors (Lipinski definition) is 5. The van der Waals surface area contributed by atoms with Crippen LogP contribution in [0, 0.1) is 11.3 Å². The van der Waals surface area contributed by atoms with E-state index in [1.807, 2.05) is 6.07 Å². The monoisotopic (exact) mass is 374 g/mol. The number of nitrogens with one attached hydrogen (secondary N) is 1. The van der Waals surface area contributed by atoms with E-state index in [0.29, 0.717) is 5.56 Å². The van der Waals surface area contributed by atoms with Crippen molar-refractivity contribution in [2.75, 3.05) is 0 Å². The van der Waals surface area contributed by atoms with Gasteiger partial charge in [-0.1, -0.05) is 28.1 Å². The number of nitrogens with zero attached hydrogens (tertiary/aromatic N) is 2. The number of fused-ring (bicyclic) bond motifs is 1. The molecule has 0 amide bonds. The predicted octanol–water partition coefficient (Wildman–Crippen LogP) is 1.05. The van der Waals surface area contributed by atoms with Crippen molar-refractivity contribution in [3.63, 3.8) is 0 Å². The molecule has 0 spiro atoms. The molecule has 8 heteroatoms. The fraction of sp³-hybridized carbons (Fsp3) is 0.133. The first-order valence-corrected chi connectivity index (χ1v) is 7.39. The fourth-order valence-electron chi connectivity index (χ4n) is 2.51. The molecular formula is C15H11BrN4O3. The first-order chi connectivity index (χ1) is 10.9. The van der Waals surface area contributed by atoms with Crippen molar-refractivity contribution in [2.45, 2.75) is 5.92 Å². The molecule has 0 radical (unpaired) electrons. The number of allylic oxidation sites excluding steroid dienone is 1. The standard InChI is InChI=1S/C15H11BrN4O3/c1-20-14(21)11-10(7-2-4-8(16)5-3-7)9(6-17)12(18)23-13(11)19-15(20)22/h2-5,10H,18H2,1H3,(H,19,22). The Bertz CT molecular complexity index is 980. The van der Waals surface area contributed by atoms with Crippen molar-refractivity contribution in [3.8, 4) is 11.9 Å². The second-order valence-corrected chi connectivity index (χ2v) is 5.93. The SMILES string of the molecule is Cn1c(=O)[nH]c2c(c1=O)C(c1ccc(Br)cc1)C(C#N)=C(N)O2. The van der Waals surface area contributed by atoms with Crippen molar-refractivity contribution in [2.24, 2.45) is 12.8 Å². The van der Waals surface area contributed by atoms with Gasteiger partial charge in [0.1, 0.15) is 11.6 Å². The molecule has 1 aliphatic rings. The minimum absolute atomic E-state index is 0.0254. The van der Waals surface area contributed by atoms with Crippen LogP contribution < -0.4 is 21.7 Å². The average molecular weight is 375 g/mol. The molecule has 1 unspecified atom stereocenters. The first-order valence-electron chi connectivity index (χ1n) is 6.60. The van der Waals surface area contributed by atoms with Gasteiger partial charge in [-0.3, -0.25) is 14.3 Å². The molecule has 0 fully saturated rings. The highest BCUT2D eigenvalue weighted by atomic mass is 79.9. The van der Waals surface area contributed by atoms with Gasteiger partial charge < -0.3 is 10.5 Å². The van der Waals surface area contributed by atoms with Gasteiger partial charge >= 0.3 is 5.69 Å². The zero-order chi connectivity index (χ0) is 16.7. The molecule has 1 aromatic heterocycles. The fourth-order valence-corrected chi connectivity index (χ4v) is 2.78.